The van der Waals surface area contributed by atoms with Crippen LogP contribution in [0.25, 0.3) is 10.9 Å². The molecule has 1 unspecified atom stereocenters. The summed E-state index contributed by atoms with van der Waals surface area (Å²) in [7, 11) is 0. The van der Waals surface area contributed by atoms with Gasteiger partial charge in [0, 0.05) is 42.0 Å². The zero-order valence-electron chi connectivity index (χ0n) is 14.8. The molecular formula is C20H22N4O2. The van der Waals surface area contributed by atoms with Gasteiger partial charge in [0.2, 0.25) is 5.91 Å². The van der Waals surface area contributed by atoms with Crippen LogP contribution >= 0.6 is 0 Å². The van der Waals surface area contributed by atoms with Crippen LogP contribution in [0.2, 0.25) is 0 Å². The van der Waals surface area contributed by atoms with Crippen LogP contribution in [0, 0.1) is 6.92 Å². The summed E-state index contributed by atoms with van der Waals surface area (Å²) < 4.78 is 5.78. The molecule has 1 aliphatic rings. The molecule has 0 radical (unpaired) electrons. The fourth-order valence-electron chi connectivity index (χ4n) is 3.39. The first-order valence-electron chi connectivity index (χ1n) is 8.94. The molecule has 134 valence electrons. The Morgan fingerprint density at radius 1 is 1.35 bits per heavy atom. The monoisotopic (exact) mass is 350 g/mol. The lowest BCUT2D eigenvalue weighted by atomic mass is 10.1. The number of aromatic amines is 1. The number of aromatic nitrogens is 3. The number of hydrogen-bond acceptors (Lipinski definition) is 4. The lowest BCUT2D eigenvalue weighted by Gasteiger charge is -2.32. The van der Waals surface area contributed by atoms with E-state index in [4.69, 9.17) is 4.74 Å². The van der Waals surface area contributed by atoms with Crippen molar-refractivity contribution in [2.45, 2.75) is 25.9 Å². The van der Waals surface area contributed by atoms with Gasteiger partial charge in [-0.15, -0.1) is 0 Å². The van der Waals surface area contributed by atoms with Crippen molar-refractivity contribution in [1.82, 2.24) is 19.9 Å². The van der Waals surface area contributed by atoms with Crippen LogP contribution in [0.1, 0.15) is 29.6 Å². The third-order valence-corrected chi connectivity index (χ3v) is 4.80. The van der Waals surface area contributed by atoms with Crippen molar-refractivity contribution in [3.05, 3.63) is 59.8 Å². The van der Waals surface area contributed by atoms with Gasteiger partial charge in [-0.3, -0.25) is 4.79 Å². The second-order valence-electron chi connectivity index (χ2n) is 6.61. The minimum absolute atomic E-state index is 0.149. The zero-order valence-corrected chi connectivity index (χ0v) is 14.8. The maximum Gasteiger partial charge on any atom is 0.223 e. The minimum atomic E-state index is -0.249. The lowest BCUT2D eigenvalue weighted by molar-refractivity contribution is -0.139. The fourth-order valence-corrected chi connectivity index (χ4v) is 3.39. The van der Waals surface area contributed by atoms with Crippen LogP contribution in [0.3, 0.4) is 0 Å². The Kier molecular flexibility index (Phi) is 4.67. The molecule has 1 atom stereocenters. The smallest absolute Gasteiger partial charge is 0.223 e. The van der Waals surface area contributed by atoms with Crippen molar-refractivity contribution in [1.29, 1.82) is 0 Å². The SMILES string of the molecule is Cc1ccnc(C2CN(C(=O)CCc3c[nH]c4ccccc34)CCO2)n1. The quantitative estimate of drug-likeness (QED) is 0.785. The molecule has 3 heterocycles. The Labute approximate surface area is 152 Å². The van der Waals surface area contributed by atoms with Gasteiger partial charge in [0.25, 0.3) is 0 Å². The van der Waals surface area contributed by atoms with Gasteiger partial charge in [-0.25, -0.2) is 9.97 Å². The topological polar surface area (TPSA) is 71.1 Å². The number of para-hydroxylation sites is 1. The van der Waals surface area contributed by atoms with Crippen molar-refractivity contribution in [2.24, 2.45) is 0 Å². The predicted octanol–water partition coefficient (Wildman–Crippen LogP) is 2.80. The maximum atomic E-state index is 12.7. The molecule has 0 saturated carbocycles. The molecule has 1 amide bonds. The average Bonchev–Trinajstić information content (AvgIpc) is 3.09. The van der Waals surface area contributed by atoms with Crippen LogP contribution in [-0.2, 0) is 16.0 Å². The first kappa shape index (κ1) is 16.7. The van der Waals surface area contributed by atoms with Crippen LogP contribution < -0.4 is 0 Å². The highest BCUT2D eigenvalue weighted by Gasteiger charge is 2.27. The number of nitrogens with zero attached hydrogens (tertiary/aromatic N) is 3. The second-order valence-corrected chi connectivity index (χ2v) is 6.61. The first-order valence-corrected chi connectivity index (χ1v) is 8.94. The van der Waals surface area contributed by atoms with E-state index in [0.717, 1.165) is 17.6 Å². The van der Waals surface area contributed by atoms with Crippen LogP contribution in [0.4, 0.5) is 0 Å². The van der Waals surface area contributed by atoms with Crippen molar-refractivity contribution in [3.8, 4) is 0 Å². The van der Waals surface area contributed by atoms with Gasteiger partial charge >= 0.3 is 0 Å². The molecule has 1 fully saturated rings. The molecule has 1 aromatic carbocycles. The summed E-state index contributed by atoms with van der Waals surface area (Å²) in [4.78, 5) is 26.6. The van der Waals surface area contributed by atoms with Crippen LogP contribution in [0.5, 0.6) is 0 Å². The Morgan fingerprint density at radius 3 is 3.12 bits per heavy atom. The molecular weight excluding hydrogens is 328 g/mol. The number of nitrogens with one attached hydrogen (secondary N) is 1. The molecule has 0 spiro atoms. The number of rotatable bonds is 4. The summed E-state index contributed by atoms with van der Waals surface area (Å²) in [5.41, 5.74) is 3.19. The summed E-state index contributed by atoms with van der Waals surface area (Å²) in [6, 6.07) is 10.0. The highest BCUT2D eigenvalue weighted by atomic mass is 16.5. The number of carbonyl (C=O) groups is 1. The maximum absolute atomic E-state index is 12.7. The van der Waals surface area contributed by atoms with Crippen molar-refractivity contribution in [2.75, 3.05) is 19.7 Å². The third-order valence-electron chi connectivity index (χ3n) is 4.80. The Morgan fingerprint density at radius 2 is 2.23 bits per heavy atom. The molecule has 4 rings (SSSR count). The van der Waals surface area contributed by atoms with E-state index in [-0.39, 0.29) is 12.0 Å². The summed E-state index contributed by atoms with van der Waals surface area (Å²) in [6.45, 7) is 3.57. The number of benzene rings is 1. The molecule has 0 aliphatic carbocycles. The van der Waals surface area contributed by atoms with Crippen molar-refractivity contribution in [3.63, 3.8) is 0 Å². The highest BCUT2D eigenvalue weighted by Crippen LogP contribution is 2.22. The van der Waals surface area contributed by atoms with Crippen molar-refractivity contribution >= 4 is 16.8 Å². The normalized spacial score (nSPS) is 17.6. The number of fused-ring (bicyclic) bond motifs is 1. The van der Waals surface area contributed by atoms with Crippen LogP contribution in [-0.4, -0.2) is 45.5 Å². The van der Waals surface area contributed by atoms with E-state index < -0.39 is 0 Å². The van der Waals surface area contributed by atoms with Gasteiger partial charge in [-0.1, -0.05) is 18.2 Å². The summed E-state index contributed by atoms with van der Waals surface area (Å²) in [5.74, 6) is 0.801. The fraction of sp³-hybridized carbons (Fsp3) is 0.350. The molecule has 2 aromatic heterocycles. The molecule has 1 N–H and O–H groups in total. The standard InChI is InChI=1S/C20H22N4O2/c1-14-8-9-21-20(23-14)18-13-24(10-11-26-18)19(25)7-6-15-12-22-17-5-3-2-4-16(15)17/h2-5,8-9,12,18,22H,6-7,10-11,13H2,1H3. The van der Waals surface area contributed by atoms with E-state index in [2.05, 4.69) is 27.1 Å². The number of amides is 1. The molecule has 1 saturated heterocycles. The Balaban J connectivity index is 1.40. The summed E-state index contributed by atoms with van der Waals surface area (Å²) >= 11 is 0. The lowest BCUT2D eigenvalue weighted by Crippen LogP contribution is -2.42. The summed E-state index contributed by atoms with van der Waals surface area (Å²) in [6.07, 6.45) is 4.70. The van der Waals surface area contributed by atoms with Gasteiger partial charge < -0.3 is 14.6 Å². The zero-order chi connectivity index (χ0) is 17.9. The molecule has 1 aliphatic heterocycles. The highest BCUT2D eigenvalue weighted by molar-refractivity contribution is 5.84. The van der Waals surface area contributed by atoms with Gasteiger partial charge in [-0.05, 0) is 31.0 Å². The molecule has 3 aromatic rings. The van der Waals surface area contributed by atoms with E-state index in [1.54, 1.807) is 6.20 Å². The van der Waals surface area contributed by atoms with Gasteiger partial charge in [0.15, 0.2) is 5.82 Å². The molecule has 0 bridgehead atoms. The molecule has 6 nitrogen and oxygen atoms in total. The molecule has 6 heteroatoms. The van der Waals surface area contributed by atoms with Gasteiger partial charge in [-0.2, -0.15) is 0 Å². The number of hydrogen-bond donors (Lipinski definition) is 1. The van der Waals surface area contributed by atoms with E-state index in [1.807, 2.05) is 36.2 Å². The van der Waals surface area contributed by atoms with Gasteiger partial charge in [0.05, 0.1) is 13.2 Å². The number of H-pyrrole nitrogens is 1. The number of carbonyl (C=O) groups excluding carboxylic acids is 1. The third kappa shape index (κ3) is 3.46. The van der Waals surface area contributed by atoms with Crippen LogP contribution in [0.15, 0.2) is 42.7 Å². The summed E-state index contributed by atoms with van der Waals surface area (Å²) in [5, 5.41) is 1.19. The van der Waals surface area contributed by atoms with Gasteiger partial charge in [0.1, 0.15) is 6.10 Å². The number of aryl methyl sites for hydroxylation is 2. The minimum Gasteiger partial charge on any atom is -0.367 e. The number of morpholine rings is 1. The predicted molar refractivity (Wildman–Crippen MR) is 98.7 cm³/mol. The van der Waals surface area contributed by atoms with E-state index in [9.17, 15) is 4.79 Å². The molecule has 26 heavy (non-hydrogen) atoms. The Bertz CT molecular complexity index is 921. The van der Waals surface area contributed by atoms with E-state index in [0.29, 0.717) is 31.9 Å². The van der Waals surface area contributed by atoms with E-state index >= 15 is 0 Å². The largest absolute Gasteiger partial charge is 0.367 e. The first-order chi connectivity index (χ1) is 12.7. The van der Waals surface area contributed by atoms with Crippen molar-refractivity contribution < 1.29 is 9.53 Å². The Hall–Kier alpha value is -2.73. The van der Waals surface area contributed by atoms with E-state index in [1.165, 1.54) is 10.9 Å². The second kappa shape index (κ2) is 7.25. The average molecular weight is 350 g/mol. The number of ether oxygens (including phenoxy) is 1.